The van der Waals surface area contributed by atoms with Crippen LogP contribution in [0.4, 0.5) is 5.69 Å². The molecule has 0 aromatic heterocycles. The molecule has 1 aromatic carbocycles. The van der Waals surface area contributed by atoms with Gasteiger partial charge in [-0.1, -0.05) is 37.6 Å². The molecule has 0 bridgehead atoms. The fourth-order valence-electron chi connectivity index (χ4n) is 2.63. The van der Waals surface area contributed by atoms with E-state index in [1.54, 1.807) is 7.11 Å². The fraction of sp³-hybridized carbons (Fsp3) is 0.625. The van der Waals surface area contributed by atoms with Crippen LogP contribution in [0.1, 0.15) is 32.3 Å². The van der Waals surface area contributed by atoms with Crippen LogP contribution in [0.3, 0.4) is 0 Å². The Labute approximate surface area is 128 Å². The van der Waals surface area contributed by atoms with E-state index >= 15 is 0 Å². The Hall–Kier alpha value is -0.770. The summed E-state index contributed by atoms with van der Waals surface area (Å²) in [5, 5.41) is 0.805. The largest absolute Gasteiger partial charge is 0.383 e. The molecule has 0 fully saturated rings. The van der Waals surface area contributed by atoms with Crippen molar-refractivity contribution < 1.29 is 4.74 Å². The van der Waals surface area contributed by atoms with Gasteiger partial charge in [0.05, 0.1) is 17.3 Å². The molecule has 2 N–H and O–H groups in total. The lowest BCUT2D eigenvalue weighted by atomic mass is 10.0. The second-order valence-corrected chi connectivity index (χ2v) is 5.35. The molecule has 3 nitrogen and oxygen atoms in total. The average molecular weight is 299 g/mol. The standard InChI is InChI=1S/C16H27ClN2O/c1-4-14(5-2)19(11-12-20-3)16-13(9-10-18)7-6-8-15(16)17/h6-8,14H,4-5,9-12,18H2,1-3H3. The normalized spacial score (nSPS) is 11.1. The molecule has 0 aliphatic carbocycles. The molecule has 0 aliphatic rings. The number of hydrogen-bond donors (Lipinski definition) is 1. The van der Waals surface area contributed by atoms with Crippen molar-refractivity contribution in [3.63, 3.8) is 0 Å². The van der Waals surface area contributed by atoms with Crippen molar-refractivity contribution in [2.24, 2.45) is 5.73 Å². The molecule has 0 saturated carbocycles. The molecule has 20 heavy (non-hydrogen) atoms. The van der Waals surface area contributed by atoms with Crippen molar-refractivity contribution in [1.82, 2.24) is 0 Å². The van der Waals surface area contributed by atoms with Crippen molar-refractivity contribution in [2.45, 2.75) is 39.2 Å². The van der Waals surface area contributed by atoms with E-state index in [0.29, 0.717) is 19.2 Å². The maximum absolute atomic E-state index is 6.47. The van der Waals surface area contributed by atoms with Gasteiger partial charge in [0.15, 0.2) is 0 Å². The molecular formula is C16H27ClN2O. The number of para-hydroxylation sites is 1. The number of benzene rings is 1. The van der Waals surface area contributed by atoms with Gasteiger partial charge in [-0.15, -0.1) is 0 Å². The second kappa shape index (κ2) is 9.22. The molecule has 1 rings (SSSR count). The lowest BCUT2D eigenvalue weighted by Crippen LogP contribution is -2.38. The third-order valence-corrected chi connectivity index (χ3v) is 4.00. The molecule has 0 aliphatic heterocycles. The summed E-state index contributed by atoms with van der Waals surface area (Å²) in [5.41, 5.74) is 8.09. The predicted molar refractivity (Wildman–Crippen MR) is 87.8 cm³/mol. The maximum atomic E-state index is 6.47. The van der Waals surface area contributed by atoms with Gasteiger partial charge in [-0.3, -0.25) is 0 Å². The number of halogens is 1. The highest BCUT2D eigenvalue weighted by Crippen LogP contribution is 2.32. The first-order valence-corrected chi connectivity index (χ1v) is 7.80. The van der Waals surface area contributed by atoms with Gasteiger partial charge in [0.25, 0.3) is 0 Å². The summed E-state index contributed by atoms with van der Waals surface area (Å²) in [6, 6.07) is 6.55. The van der Waals surface area contributed by atoms with E-state index in [9.17, 15) is 0 Å². The summed E-state index contributed by atoms with van der Waals surface area (Å²) in [4.78, 5) is 2.39. The first-order valence-electron chi connectivity index (χ1n) is 7.42. The number of anilines is 1. The van der Waals surface area contributed by atoms with Crippen LogP contribution in [0.2, 0.25) is 5.02 Å². The summed E-state index contributed by atoms with van der Waals surface area (Å²) >= 11 is 6.47. The number of hydrogen-bond acceptors (Lipinski definition) is 3. The first kappa shape index (κ1) is 17.3. The molecule has 0 amide bonds. The SMILES string of the molecule is CCC(CC)N(CCOC)c1c(Cl)cccc1CCN. The molecular weight excluding hydrogens is 272 g/mol. The summed E-state index contributed by atoms with van der Waals surface area (Å²) in [6.45, 7) is 6.61. The van der Waals surface area contributed by atoms with Gasteiger partial charge in [0, 0.05) is 19.7 Å². The lowest BCUT2D eigenvalue weighted by molar-refractivity contribution is 0.202. The molecule has 0 unspecified atom stereocenters. The summed E-state index contributed by atoms with van der Waals surface area (Å²) in [6.07, 6.45) is 3.03. The quantitative estimate of drug-likeness (QED) is 0.758. The van der Waals surface area contributed by atoms with Crippen molar-refractivity contribution >= 4 is 17.3 Å². The number of ether oxygens (including phenoxy) is 1. The maximum Gasteiger partial charge on any atom is 0.0642 e. The Kier molecular flexibility index (Phi) is 7.97. The minimum atomic E-state index is 0.474. The lowest BCUT2D eigenvalue weighted by Gasteiger charge is -2.34. The minimum absolute atomic E-state index is 0.474. The smallest absolute Gasteiger partial charge is 0.0642 e. The highest BCUT2D eigenvalue weighted by molar-refractivity contribution is 6.33. The number of methoxy groups -OCH3 is 1. The van der Waals surface area contributed by atoms with Crippen LogP contribution in [0.5, 0.6) is 0 Å². The zero-order valence-corrected chi connectivity index (χ0v) is 13.6. The van der Waals surface area contributed by atoms with Crippen molar-refractivity contribution in [3.05, 3.63) is 28.8 Å². The van der Waals surface area contributed by atoms with Gasteiger partial charge in [-0.05, 0) is 37.4 Å². The van der Waals surface area contributed by atoms with Gasteiger partial charge >= 0.3 is 0 Å². The second-order valence-electron chi connectivity index (χ2n) is 4.94. The molecule has 114 valence electrons. The van der Waals surface area contributed by atoms with E-state index in [-0.39, 0.29) is 0 Å². The zero-order valence-electron chi connectivity index (χ0n) is 12.9. The fourth-order valence-corrected chi connectivity index (χ4v) is 2.94. The zero-order chi connectivity index (χ0) is 15.0. The Bertz CT molecular complexity index is 394. The Morgan fingerprint density at radius 2 is 2.00 bits per heavy atom. The minimum Gasteiger partial charge on any atom is -0.383 e. The van der Waals surface area contributed by atoms with E-state index < -0.39 is 0 Å². The third-order valence-electron chi connectivity index (χ3n) is 3.69. The Morgan fingerprint density at radius 3 is 2.55 bits per heavy atom. The summed E-state index contributed by atoms with van der Waals surface area (Å²) < 4.78 is 5.26. The highest BCUT2D eigenvalue weighted by atomic mass is 35.5. The van der Waals surface area contributed by atoms with Gasteiger partial charge in [0.1, 0.15) is 0 Å². The van der Waals surface area contributed by atoms with E-state index in [0.717, 1.165) is 36.5 Å². The van der Waals surface area contributed by atoms with Crippen LogP contribution in [0, 0.1) is 0 Å². The monoisotopic (exact) mass is 298 g/mol. The molecule has 4 heteroatoms. The topological polar surface area (TPSA) is 38.5 Å². The predicted octanol–water partition coefficient (Wildman–Crippen LogP) is 3.48. The van der Waals surface area contributed by atoms with Gasteiger partial charge in [-0.2, -0.15) is 0 Å². The molecule has 0 spiro atoms. The summed E-state index contributed by atoms with van der Waals surface area (Å²) in [5.74, 6) is 0. The number of nitrogens with zero attached hydrogens (tertiary/aromatic N) is 1. The van der Waals surface area contributed by atoms with Gasteiger partial charge in [0.2, 0.25) is 0 Å². The van der Waals surface area contributed by atoms with Crippen LogP contribution < -0.4 is 10.6 Å². The summed E-state index contributed by atoms with van der Waals surface area (Å²) in [7, 11) is 1.73. The number of rotatable bonds is 9. The molecule has 0 heterocycles. The van der Waals surface area contributed by atoms with Gasteiger partial charge in [-0.25, -0.2) is 0 Å². The molecule has 0 radical (unpaired) electrons. The van der Waals surface area contributed by atoms with Crippen LogP contribution in [-0.2, 0) is 11.2 Å². The highest BCUT2D eigenvalue weighted by Gasteiger charge is 2.20. The van der Waals surface area contributed by atoms with E-state index in [1.165, 1.54) is 5.56 Å². The van der Waals surface area contributed by atoms with E-state index in [1.807, 2.05) is 12.1 Å². The van der Waals surface area contributed by atoms with Crippen molar-refractivity contribution in [3.8, 4) is 0 Å². The van der Waals surface area contributed by atoms with E-state index in [2.05, 4.69) is 24.8 Å². The molecule has 0 saturated heterocycles. The van der Waals surface area contributed by atoms with Crippen LogP contribution in [0.15, 0.2) is 18.2 Å². The molecule has 1 aromatic rings. The Balaban J connectivity index is 3.16. The Morgan fingerprint density at radius 1 is 1.30 bits per heavy atom. The third kappa shape index (κ3) is 4.37. The van der Waals surface area contributed by atoms with Gasteiger partial charge < -0.3 is 15.4 Å². The first-order chi connectivity index (χ1) is 9.69. The van der Waals surface area contributed by atoms with Crippen LogP contribution >= 0.6 is 11.6 Å². The van der Waals surface area contributed by atoms with Crippen LogP contribution in [0.25, 0.3) is 0 Å². The van der Waals surface area contributed by atoms with E-state index in [4.69, 9.17) is 22.1 Å². The average Bonchev–Trinajstić information content (AvgIpc) is 2.45. The number of nitrogens with two attached hydrogens (primary N) is 1. The van der Waals surface area contributed by atoms with Crippen molar-refractivity contribution in [2.75, 3.05) is 31.7 Å². The van der Waals surface area contributed by atoms with Crippen molar-refractivity contribution in [1.29, 1.82) is 0 Å². The van der Waals surface area contributed by atoms with Crippen LogP contribution in [-0.4, -0.2) is 32.8 Å². The molecule has 0 atom stereocenters.